The van der Waals surface area contributed by atoms with Gasteiger partial charge in [-0.3, -0.25) is 14.9 Å². The summed E-state index contributed by atoms with van der Waals surface area (Å²) in [5.74, 6) is 2.00. The lowest BCUT2D eigenvalue weighted by Crippen LogP contribution is -2.30. The number of nitrogens with one attached hydrogen (secondary N) is 1. The molecule has 1 atom stereocenters. The van der Waals surface area contributed by atoms with E-state index in [-0.39, 0.29) is 30.9 Å². The molecule has 46 heavy (non-hydrogen) atoms. The first kappa shape index (κ1) is 29.7. The third kappa shape index (κ3) is 5.41. The number of carbonyl (C=O) groups is 1. The number of alkyl halides is 1. The van der Waals surface area contributed by atoms with Gasteiger partial charge >= 0.3 is 0 Å². The van der Waals surface area contributed by atoms with Gasteiger partial charge in [0.15, 0.2) is 11.5 Å². The molecular weight excluding hydrogens is 612 g/mol. The van der Waals surface area contributed by atoms with E-state index in [9.17, 15) is 14.9 Å². The highest BCUT2D eigenvalue weighted by atomic mass is 35.5. The van der Waals surface area contributed by atoms with Crippen LogP contribution in [0.2, 0.25) is 0 Å². The molecule has 0 aliphatic carbocycles. The van der Waals surface area contributed by atoms with Gasteiger partial charge in [-0.15, -0.1) is 11.6 Å². The number of benzene rings is 4. The van der Waals surface area contributed by atoms with Gasteiger partial charge < -0.3 is 33.7 Å². The maximum atomic E-state index is 14.1. The number of H-pyrrole nitrogens is 1. The number of rotatable bonds is 10. The molecule has 2 aliphatic heterocycles. The molecular formula is C34H31ClN4O7. The minimum atomic E-state index is -0.466. The smallest absolute Gasteiger partial charge is 0.280 e. The maximum absolute atomic E-state index is 14.1. The number of aromatic nitrogens is 1. The predicted octanol–water partition coefficient (Wildman–Crippen LogP) is 6.46. The SMILES string of the molecule is CN(C)CCOc1ccc2[nH]c(C(=O)N3C[C@@H](CCl)c4c3cc(OCc3cc5c(cc3[N+](=O)[O-])OCO5)c3ccccc43)cc2c1. The molecule has 1 N–H and O–H groups in total. The summed E-state index contributed by atoms with van der Waals surface area (Å²) in [5.41, 5.74) is 3.13. The van der Waals surface area contributed by atoms with Crippen LogP contribution < -0.4 is 23.8 Å². The van der Waals surface area contributed by atoms with E-state index < -0.39 is 4.92 Å². The Hall–Kier alpha value is -5.00. The first-order valence-corrected chi connectivity index (χ1v) is 15.4. The van der Waals surface area contributed by atoms with Gasteiger partial charge in [-0.25, -0.2) is 0 Å². The van der Waals surface area contributed by atoms with Crippen molar-refractivity contribution in [2.24, 2.45) is 0 Å². The molecule has 11 nitrogen and oxygen atoms in total. The van der Waals surface area contributed by atoms with Crippen LogP contribution in [0.5, 0.6) is 23.0 Å². The molecule has 1 amide bonds. The molecule has 0 bridgehead atoms. The van der Waals surface area contributed by atoms with Crippen LogP contribution in [0.15, 0.2) is 66.7 Å². The molecule has 0 unspecified atom stereocenters. The fraction of sp³-hybridized carbons (Fsp3) is 0.265. The molecule has 1 aromatic heterocycles. The average Bonchev–Trinajstić information content (AvgIpc) is 3.79. The Kier molecular flexibility index (Phi) is 7.79. The predicted molar refractivity (Wildman–Crippen MR) is 175 cm³/mol. The van der Waals surface area contributed by atoms with Crippen LogP contribution in [-0.2, 0) is 6.61 Å². The number of likely N-dealkylation sites (N-methyl/N-ethyl adjacent to an activating group) is 1. The number of nitro benzene ring substituents is 1. The van der Waals surface area contributed by atoms with Crippen LogP contribution in [0, 0.1) is 10.1 Å². The van der Waals surface area contributed by atoms with Crippen LogP contribution in [0.1, 0.15) is 27.5 Å². The zero-order chi connectivity index (χ0) is 31.9. The van der Waals surface area contributed by atoms with E-state index in [1.165, 1.54) is 6.07 Å². The molecule has 0 radical (unpaired) electrons. The topological polar surface area (TPSA) is 119 Å². The summed E-state index contributed by atoms with van der Waals surface area (Å²) < 4.78 is 23.0. The van der Waals surface area contributed by atoms with Crippen LogP contribution >= 0.6 is 11.6 Å². The second-order valence-electron chi connectivity index (χ2n) is 11.6. The summed E-state index contributed by atoms with van der Waals surface area (Å²) in [7, 11) is 3.98. The molecule has 3 heterocycles. The molecule has 2 aliphatic rings. The number of carbonyl (C=O) groups excluding carboxylic acids is 1. The highest BCUT2D eigenvalue weighted by Crippen LogP contribution is 2.46. The Morgan fingerprint density at radius 1 is 1.07 bits per heavy atom. The van der Waals surface area contributed by atoms with Crippen LogP contribution in [0.3, 0.4) is 0 Å². The zero-order valence-corrected chi connectivity index (χ0v) is 26.0. The summed E-state index contributed by atoms with van der Waals surface area (Å²) in [6.07, 6.45) is 0. The van der Waals surface area contributed by atoms with Crippen molar-refractivity contribution in [2.45, 2.75) is 12.5 Å². The Bertz CT molecular complexity index is 1990. The van der Waals surface area contributed by atoms with Crippen molar-refractivity contribution in [3.8, 4) is 23.0 Å². The lowest BCUT2D eigenvalue weighted by atomic mass is 9.95. The molecule has 12 heteroatoms. The third-order valence-corrected chi connectivity index (χ3v) is 8.72. The minimum Gasteiger partial charge on any atom is -0.492 e. The molecule has 4 aromatic carbocycles. The van der Waals surface area contributed by atoms with E-state index in [0.29, 0.717) is 53.2 Å². The van der Waals surface area contributed by atoms with Crippen molar-refractivity contribution in [2.75, 3.05) is 51.4 Å². The standard InChI is InChI=1S/C34H31ClN4O7/c1-37(2)9-10-43-23-7-8-26-20(11-23)12-27(36-26)34(40)38-17-22(16-35)33-25-6-4-3-5-24(25)30(15-29(33)38)44-18-21-13-31-32(46-19-45-31)14-28(21)39(41)42/h3-8,11-15,22,36H,9-10,16-19H2,1-2H3/t22-/m1/s1. The highest BCUT2D eigenvalue weighted by Gasteiger charge is 2.36. The molecule has 0 saturated carbocycles. The van der Waals surface area contributed by atoms with E-state index in [0.717, 1.165) is 39.5 Å². The Morgan fingerprint density at radius 2 is 1.85 bits per heavy atom. The Balaban J connectivity index is 1.22. The van der Waals surface area contributed by atoms with E-state index in [4.69, 9.17) is 30.5 Å². The molecule has 0 spiro atoms. The minimum absolute atomic E-state index is 0.0000526. The second kappa shape index (κ2) is 12.1. The first-order chi connectivity index (χ1) is 22.3. The third-order valence-electron chi connectivity index (χ3n) is 8.34. The van der Waals surface area contributed by atoms with Gasteiger partial charge in [0, 0.05) is 47.2 Å². The van der Waals surface area contributed by atoms with Gasteiger partial charge in [-0.1, -0.05) is 24.3 Å². The van der Waals surface area contributed by atoms with Gasteiger partial charge in [-0.05, 0) is 55.4 Å². The van der Waals surface area contributed by atoms with Gasteiger partial charge in [-0.2, -0.15) is 0 Å². The Labute approximate surface area is 269 Å². The fourth-order valence-corrected chi connectivity index (χ4v) is 6.32. The van der Waals surface area contributed by atoms with Crippen molar-refractivity contribution in [1.29, 1.82) is 0 Å². The fourth-order valence-electron chi connectivity index (χ4n) is 6.07. The highest BCUT2D eigenvalue weighted by molar-refractivity contribution is 6.19. The van der Waals surface area contributed by atoms with Gasteiger partial charge in [0.1, 0.15) is 30.4 Å². The summed E-state index contributed by atoms with van der Waals surface area (Å²) >= 11 is 6.49. The van der Waals surface area contributed by atoms with E-state index in [1.807, 2.05) is 68.7 Å². The molecule has 236 valence electrons. The summed E-state index contributed by atoms with van der Waals surface area (Å²) in [4.78, 5) is 32.5. The van der Waals surface area contributed by atoms with Crippen molar-refractivity contribution in [3.05, 3.63) is 93.7 Å². The molecule has 0 fully saturated rings. The normalized spacial score (nSPS) is 15.1. The first-order valence-electron chi connectivity index (χ1n) is 14.8. The average molecular weight is 643 g/mol. The lowest BCUT2D eigenvalue weighted by molar-refractivity contribution is -0.385. The number of nitro groups is 1. The van der Waals surface area contributed by atoms with Gasteiger partial charge in [0.25, 0.3) is 11.6 Å². The quantitative estimate of drug-likeness (QED) is 0.105. The monoisotopic (exact) mass is 642 g/mol. The second-order valence-corrected chi connectivity index (χ2v) is 11.9. The number of aromatic amines is 1. The van der Waals surface area contributed by atoms with Crippen LogP contribution in [-0.4, -0.2) is 67.2 Å². The number of hydrogen-bond acceptors (Lipinski definition) is 8. The Morgan fingerprint density at radius 3 is 2.61 bits per heavy atom. The van der Waals surface area contributed by atoms with E-state index >= 15 is 0 Å². The summed E-state index contributed by atoms with van der Waals surface area (Å²) in [6, 6.07) is 20.1. The van der Waals surface area contributed by atoms with E-state index in [1.54, 1.807) is 11.0 Å². The van der Waals surface area contributed by atoms with E-state index in [2.05, 4.69) is 9.88 Å². The molecule has 7 rings (SSSR count). The van der Waals surface area contributed by atoms with Crippen LogP contribution in [0.25, 0.3) is 21.7 Å². The number of halogens is 1. The number of ether oxygens (including phenoxy) is 4. The van der Waals surface area contributed by atoms with Crippen LogP contribution in [0.4, 0.5) is 11.4 Å². The van der Waals surface area contributed by atoms with Gasteiger partial charge in [0.2, 0.25) is 6.79 Å². The van der Waals surface area contributed by atoms with Gasteiger partial charge in [0.05, 0.1) is 22.2 Å². The maximum Gasteiger partial charge on any atom is 0.280 e. The molecule has 0 saturated heterocycles. The number of amides is 1. The van der Waals surface area contributed by atoms with Crippen molar-refractivity contribution in [1.82, 2.24) is 9.88 Å². The lowest BCUT2D eigenvalue weighted by Gasteiger charge is -2.19. The number of anilines is 1. The number of nitrogens with zero attached hydrogens (tertiary/aromatic N) is 3. The van der Waals surface area contributed by atoms with Crippen molar-refractivity contribution < 1.29 is 28.7 Å². The number of hydrogen-bond donors (Lipinski definition) is 1. The molecule has 5 aromatic rings. The largest absolute Gasteiger partial charge is 0.492 e. The van der Waals surface area contributed by atoms with Crippen molar-refractivity contribution in [3.63, 3.8) is 0 Å². The van der Waals surface area contributed by atoms with Crippen molar-refractivity contribution >= 4 is 50.6 Å². The summed E-state index contributed by atoms with van der Waals surface area (Å²) in [6.45, 7) is 1.65. The zero-order valence-electron chi connectivity index (χ0n) is 25.2. The summed E-state index contributed by atoms with van der Waals surface area (Å²) in [5, 5.41) is 14.5. The number of fused-ring (bicyclic) bond motifs is 5.